The summed E-state index contributed by atoms with van der Waals surface area (Å²) in [7, 11) is 3.46. The molecule has 4 N–H and O–H groups in total. The highest BCUT2D eigenvalue weighted by molar-refractivity contribution is 5.57. The lowest BCUT2D eigenvalue weighted by Crippen LogP contribution is -2.34. The fourth-order valence-corrected chi connectivity index (χ4v) is 0.995. The van der Waals surface area contributed by atoms with Gasteiger partial charge in [-0.25, -0.2) is 0 Å². The van der Waals surface area contributed by atoms with Crippen molar-refractivity contribution in [2.24, 2.45) is 5.73 Å². The zero-order chi connectivity index (χ0) is 17.0. The summed E-state index contributed by atoms with van der Waals surface area (Å²) in [5, 5.41) is 6.20. The van der Waals surface area contributed by atoms with Crippen LogP contribution in [-0.2, 0) is 4.79 Å². The minimum atomic E-state index is 0.156. The maximum atomic E-state index is 10.1. The summed E-state index contributed by atoms with van der Waals surface area (Å²) in [6.45, 7) is 11.4. The van der Waals surface area contributed by atoms with Crippen LogP contribution in [0.4, 0.5) is 0 Å². The Morgan fingerprint density at radius 3 is 1.75 bits per heavy atom. The molecule has 0 aromatic carbocycles. The van der Waals surface area contributed by atoms with Gasteiger partial charge in [0.05, 0.1) is 6.04 Å². The molecule has 4 heteroatoms. The predicted molar refractivity (Wildman–Crippen MR) is 91.9 cm³/mol. The molecule has 4 nitrogen and oxygen atoms in total. The minimum absolute atomic E-state index is 0.156. The molecule has 0 amide bonds. The van der Waals surface area contributed by atoms with E-state index >= 15 is 0 Å². The molecule has 1 saturated heterocycles. The van der Waals surface area contributed by atoms with E-state index in [9.17, 15) is 4.79 Å². The molecular formula is C16H37N3O. The van der Waals surface area contributed by atoms with Crippen molar-refractivity contribution in [1.29, 1.82) is 0 Å². The predicted octanol–water partition coefficient (Wildman–Crippen LogP) is 2.18. The molecule has 0 radical (unpaired) electrons. The third-order valence-electron chi connectivity index (χ3n) is 2.26. The Labute approximate surface area is 127 Å². The Morgan fingerprint density at radius 1 is 1.20 bits per heavy atom. The summed E-state index contributed by atoms with van der Waals surface area (Å²) in [5.74, 6) is 0. The first kappa shape index (κ1) is 27.5. The van der Waals surface area contributed by atoms with Crippen molar-refractivity contribution < 1.29 is 4.79 Å². The van der Waals surface area contributed by atoms with Gasteiger partial charge in [-0.15, -0.1) is 12.8 Å². The molecule has 0 unspecified atom stereocenters. The van der Waals surface area contributed by atoms with E-state index in [2.05, 4.69) is 50.0 Å². The van der Waals surface area contributed by atoms with Gasteiger partial charge in [0.15, 0.2) is 0 Å². The van der Waals surface area contributed by atoms with Crippen molar-refractivity contribution in [3.05, 3.63) is 0 Å². The van der Waals surface area contributed by atoms with Gasteiger partial charge in [-0.1, -0.05) is 20.3 Å². The number of rotatable bonds is 1. The molecule has 1 rings (SSSR count). The van der Waals surface area contributed by atoms with Crippen LogP contribution in [0.5, 0.6) is 0 Å². The molecule has 0 aromatic heterocycles. The van der Waals surface area contributed by atoms with Crippen molar-refractivity contribution in [3.8, 4) is 12.8 Å². The standard InChI is InChI=1S/C6H11NO.C5H13N.C2H6.C2H2.CH5N/c8-5-6-3-1-2-4-7-6;1-5(2,3)6-4;3*1-2/h5-7H,1-4H2;6H,1-4H3;1-2H3;1-2H;2H2,1H3/t6-;;;;/m0..../s1. The fraction of sp³-hybridized carbons (Fsp3) is 0.812. The number of carbonyl (C=O) groups excluding carboxylic acids is 1. The van der Waals surface area contributed by atoms with Gasteiger partial charge < -0.3 is 21.2 Å². The van der Waals surface area contributed by atoms with Crippen LogP contribution in [0.25, 0.3) is 0 Å². The van der Waals surface area contributed by atoms with Crippen molar-refractivity contribution in [2.75, 3.05) is 20.6 Å². The number of piperidine rings is 1. The van der Waals surface area contributed by atoms with Crippen LogP contribution in [0.15, 0.2) is 0 Å². The highest BCUT2D eigenvalue weighted by Gasteiger charge is 2.09. The smallest absolute Gasteiger partial charge is 0.136 e. The van der Waals surface area contributed by atoms with Gasteiger partial charge in [0, 0.05) is 5.54 Å². The van der Waals surface area contributed by atoms with Crippen LogP contribution in [0, 0.1) is 12.8 Å². The van der Waals surface area contributed by atoms with E-state index in [1.165, 1.54) is 19.9 Å². The lowest BCUT2D eigenvalue weighted by atomic mass is 10.1. The average molecular weight is 287 g/mol. The van der Waals surface area contributed by atoms with Crippen molar-refractivity contribution in [2.45, 2.75) is 65.5 Å². The highest BCUT2D eigenvalue weighted by atomic mass is 16.1. The summed E-state index contributed by atoms with van der Waals surface area (Å²) >= 11 is 0. The molecule has 1 aliphatic heterocycles. The van der Waals surface area contributed by atoms with Crippen LogP contribution in [0.1, 0.15) is 53.9 Å². The number of hydrogen-bond acceptors (Lipinski definition) is 4. The first-order chi connectivity index (χ1) is 9.49. The molecule has 0 spiro atoms. The molecule has 0 aliphatic carbocycles. The first-order valence-corrected chi connectivity index (χ1v) is 7.28. The van der Waals surface area contributed by atoms with Gasteiger partial charge in [0.2, 0.25) is 0 Å². The maximum absolute atomic E-state index is 10.1. The second-order valence-corrected chi connectivity index (χ2v) is 4.69. The van der Waals surface area contributed by atoms with Gasteiger partial charge >= 0.3 is 0 Å². The van der Waals surface area contributed by atoms with E-state index in [0.717, 1.165) is 19.3 Å². The number of hydrogen-bond donors (Lipinski definition) is 3. The fourth-order valence-electron chi connectivity index (χ4n) is 0.995. The van der Waals surface area contributed by atoms with Crippen LogP contribution >= 0.6 is 0 Å². The average Bonchev–Trinajstić information content (AvgIpc) is 2.54. The zero-order valence-electron chi connectivity index (χ0n) is 14.6. The Morgan fingerprint density at radius 2 is 1.60 bits per heavy atom. The summed E-state index contributed by atoms with van der Waals surface area (Å²) in [5.41, 5.74) is 4.79. The third kappa shape index (κ3) is 30.3. The summed E-state index contributed by atoms with van der Waals surface area (Å²) in [6.07, 6.45) is 12.5. The Bertz CT molecular complexity index is 180. The monoisotopic (exact) mass is 287 g/mol. The third-order valence-corrected chi connectivity index (χ3v) is 2.26. The van der Waals surface area contributed by atoms with Crippen molar-refractivity contribution >= 4 is 6.29 Å². The van der Waals surface area contributed by atoms with E-state index in [4.69, 9.17) is 0 Å². The zero-order valence-corrected chi connectivity index (χ0v) is 14.6. The number of nitrogens with one attached hydrogen (secondary N) is 2. The van der Waals surface area contributed by atoms with Gasteiger partial charge in [-0.3, -0.25) is 0 Å². The SMILES string of the molecule is C#C.CC.CN.CNC(C)(C)C.O=C[C@@H]1CCCCN1. The summed E-state index contributed by atoms with van der Waals surface area (Å²) in [4.78, 5) is 10.1. The van der Waals surface area contributed by atoms with Crippen molar-refractivity contribution in [3.63, 3.8) is 0 Å². The molecule has 122 valence electrons. The van der Waals surface area contributed by atoms with E-state index in [1.54, 1.807) is 0 Å². The second-order valence-electron chi connectivity index (χ2n) is 4.69. The summed E-state index contributed by atoms with van der Waals surface area (Å²) < 4.78 is 0. The normalized spacial score (nSPS) is 16.2. The molecule has 1 atom stereocenters. The van der Waals surface area contributed by atoms with Gasteiger partial charge in [-0.2, -0.15) is 0 Å². The Hall–Kier alpha value is -0.890. The quantitative estimate of drug-likeness (QED) is 0.511. The Kier molecular flexibility index (Phi) is 31.9. The van der Waals surface area contributed by atoms with Crippen LogP contribution in [0.3, 0.4) is 0 Å². The second kappa shape index (κ2) is 23.2. The molecule has 20 heavy (non-hydrogen) atoms. The molecule has 0 aromatic rings. The molecule has 0 bridgehead atoms. The molecule has 0 saturated carbocycles. The van der Waals surface area contributed by atoms with Crippen LogP contribution in [0.2, 0.25) is 0 Å². The molecule has 1 heterocycles. The minimum Gasteiger partial charge on any atom is -0.333 e. The summed E-state index contributed by atoms with van der Waals surface area (Å²) in [6, 6.07) is 0.156. The van der Waals surface area contributed by atoms with Crippen molar-refractivity contribution in [1.82, 2.24) is 10.6 Å². The van der Waals surface area contributed by atoms with E-state index in [-0.39, 0.29) is 6.04 Å². The lowest BCUT2D eigenvalue weighted by molar-refractivity contribution is -0.110. The lowest BCUT2D eigenvalue weighted by Gasteiger charge is -2.17. The van der Waals surface area contributed by atoms with Crippen LogP contribution < -0.4 is 16.4 Å². The van der Waals surface area contributed by atoms with Crippen LogP contribution in [-0.4, -0.2) is 38.5 Å². The first-order valence-electron chi connectivity index (χ1n) is 7.28. The molecule has 1 aliphatic rings. The number of aldehydes is 1. The number of nitrogens with two attached hydrogens (primary N) is 1. The van der Waals surface area contributed by atoms with Gasteiger partial charge in [-0.05, 0) is 54.3 Å². The van der Waals surface area contributed by atoms with E-state index < -0.39 is 0 Å². The number of carbonyl (C=O) groups is 1. The largest absolute Gasteiger partial charge is 0.333 e. The topological polar surface area (TPSA) is 67.1 Å². The molecular weight excluding hydrogens is 250 g/mol. The molecule has 1 fully saturated rings. The van der Waals surface area contributed by atoms with Gasteiger partial charge in [0.1, 0.15) is 6.29 Å². The van der Waals surface area contributed by atoms with Gasteiger partial charge in [0.25, 0.3) is 0 Å². The maximum Gasteiger partial charge on any atom is 0.136 e. The Balaban J connectivity index is -0.0000000952. The van der Waals surface area contributed by atoms with E-state index in [1.807, 2.05) is 20.9 Å². The number of terminal acetylenes is 1. The van der Waals surface area contributed by atoms with E-state index in [0.29, 0.717) is 5.54 Å². The highest BCUT2D eigenvalue weighted by Crippen LogP contribution is 2.03.